The van der Waals surface area contributed by atoms with Crippen molar-refractivity contribution in [1.29, 1.82) is 0 Å². The standard InChI is InChI=1S/C22H33N5O3/c1-8-26-21(18-11-23-19(25(4)5)9-14(18)2)24-15(3)20(22(26)28)27-12-17(30-7)10-16(27)13-29-6/h9,11,16-17H,8,10,12-13H2,1-7H3/t16-,17+/m0/s1. The zero-order chi connectivity index (χ0) is 22.0. The first kappa shape index (κ1) is 22.2. The van der Waals surface area contributed by atoms with Gasteiger partial charge in [-0.15, -0.1) is 0 Å². The number of hydrogen-bond acceptors (Lipinski definition) is 7. The van der Waals surface area contributed by atoms with Crippen molar-refractivity contribution < 1.29 is 9.47 Å². The minimum atomic E-state index is -0.0334. The molecule has 0 radical (unpaired) electrons. The molecule has 1 fully saturated rings. The number of hydrogen-bond donors (Lipinski definition) is 0. The summed E-state index contributed by atoms with van der Waals surface area (Å²) >= 11 is 0. The Bertz CT molecular complexity index is 957. The second kappa shape index (κ2) is 9.14. The maximum atomic E-state index is 13.6. The van der Waals surface area contributed by atoms with Crippen LogP contribution in [-0.4, -0.2) is 68.1 Å². The maximum Gasteiger partial charge on any atom is 0.277 e. The lowest BCUT2D eigenvalue weighted by Crippen LogP contribution is -2.40. The molecule has 30 heavy (non-hydrogen) atoms. The highest BCUT2D eigenvalue weighted by Crippen LogP contribution is 2.29. The van der Waals surface area contributed by atoms with E-state index in [0.717, 1.165) is 23.4 Å². The number of anilines is 2. The molecule has 2 aromatic rings. The molecule has 0 unspecified atom stereocenters. The molecule has 0 amide bonds. The Morgan fingerprint density at radius 2 is 2.00 bits per heavy atom. The molecule has 3 rings (SSSR count). The molecule has 2 atom stereocenters. The summed E-state index contributed by atoms with van der Waals surface area (Å²) in [6.07, 6.45) is 2.71. The normalized spacial score (nSPS) is 18.8. The van der Waals surface area contributed by atoms with E-state index in [0.29, 0.717) is 36.9 Å². The van der Waals surface area contributed by atoms with Gasteiger partial charge in [0.25, 0.3) is 5.56 Å². The highest BCUT2D eigenvalue weighted by Gasteiger charge is 2.35. The maximum absolute atomic E-state index is 13.6. The van der Waals surface area contributed by atoms with Crippen molar-refractivity contribution in [3.63, 3.8) is 0 Å². The molecule has 0 saturated carbocycles. The molecular formula is C22H33N5O3. The monoisotopic (exact) mass is 415 g/mol. The lowest BCUT2D eigenvalue weighted by molar-refractivity contribution is 0.111. The Morgan fingerprint density at radius 3 is 2.57 bits per heavy atom. The van der Waals surface area contributed by atoms with E-state index in [1.165, 1.54) is 0 Å². The number of ether oxygens (including phenoxy) is 2. The largest absolute Gasteiger partial charge is 0.383 e. The summed E-state index contributed by atoms with van der Waals surface area (Å²) in [5, 5.41) is 0. The molecule has 3 heterocycles. The zero-order valence-electron chi connectivity index (χ0n) is 19.1. The van der Waals surface area contributed by atoms with E-state index in [2.05, 4.69) is 9.88 Å². The molecule has 8 heteroatoms. The van der Waals surface area contributed by atoms with Gasteiger partial charge in [-0.2, -0.15) is 0 Å². The van der Waals surface area contributed by atoms with Crippen LogP contribution in [0.5, 0.6) is 0 Å². The van der Waals surface area contributed by atoms with Gasteiger partial charge < -0.3 is 19.3 Å². The van der Waals surface area contributed by atoms with Gasteiger partial charge in [-0.05, 0) is 38.8 Å². The number of nitrogens with zero attached hydrogens (tertiary/aromatic N) is 5. The van der Waals surface area contributed by atoms with Gasteiger partial charge in [0.15, 0.2) is 0 Å². The van der Waals surface area contributed by atoms with E-state index in [-0.39, 0.29) is 17.7 Å². The zero-order valence-corrected chi connectivity index (χ0v) is 19.1. The number of aromatic nitrogens is 3. The summed E-state index contributed by atoms with van der Waals surface area (Å²) in [7, 11) is 7.31. The molecule has 0 aliphatic carbocycles. The van der Waals surface area contributed by atoms with Gasteiger partial charge in [-0.3, -0.25) is 9.36 Å². The van der Waals surface area contributed by atoms with Gasteiger partial charge in [-0.1, -0.05) is 0 Å². The van der Waals surface area contributed by atoms with Crippen molar-refractivity contribution in [2.45, 2.75) is 45.9 Å². The fraction of sp³-hybridized carbons (Fsp3) is 0.591. The van der Waals surface area contributed by atoms with E-state index in [1.807, 2.05) is 52.0 Å². The number of aryl methyl sites for hydroxylation is 2. The third-order valence-electron chi connectivity index (χ3n) is 5.79. The van der Waals surface area contributed by atoms with Crippen LogP contribution in [0.15, 0.2) is 17.1 Å². The summed E-state index contributed by atoms with van der Waals surface area (Å²) in [6.45, 7) is 7.63. The van der Waals surface area contributed by atoms with Crippen LogP contribution in [0.1, 0.15) is 24.6 Å². The van der Waals surface area contributed by atoms with Crippen LogP contribution in [0.3, 0.4) is 0 Å². The van der Waals surface area contributed by atoms with Crippen LogP contribution < -0.4 is 15.4 Å². The second-order valence-corrected chi connectivity index (χ2v) is 8.03. The van der Waals surface area contributed by atoms with E-state index in [9.17, 15) is 4.79 Å². The first-order chi connectivity index (χ1) is 14.3. The first-order valence-corrected chi connectivity index (χ1v) is 10.4. The third kappa shape index (κ3) is 4.06. The number of rotatable bonds is 7. The van der Waals surface area contributed by atoms with Gasteiger partial charge in [-0.25, -0.2) is 9.97 Å². The molecular weight excluding hydrogens is 382 g/mol. The van der Waals surface area contributed by atoms with Crippen molar-refractivity contribution in [3.8, 4) is 11.4 Å². The Hall–Kier alpha value is -2.45. The lowest BCUT2D eigenvalue weighted by Gasteiger charge is -2.28. The van der Waals surface area contributed by atoms with Gasteiger partial charge >= 0.3 is 0 Å². The van der Waals surface area contributed by atoms with Crippen LogP contribution in [0.4, 0.5) is 11.5 Å². The van der Waals surface area contributed by atoms with Crippen molar-refractivity contribution in [2.75, 3.05) is 51.3 Å². The molecule has 0 aromatic carbocycles. The Kier molecular flexibility index (Phi) is 6.77. The molecule has 2 aromatic heterocycles. The second-order valence-electron chi connectivity index (χ2n) is 8.03. The number of methoxy groups -OCH3 is 2. The highest BCUT2D eigenvalue weighted by atomic mass is 16.5. The van der Waals surface area contributed by atoms with Crippen LogP contribution in [0.2, 0.25) is 0 Å². The number of pyridine rings is 1. The molecule has 1 aliphatic rings. The molecule has 0 bridgehead atoms. The Balaban J connectivity index is 2.12. The summed E-state index contributed by atoms with van der Waals surface area (Å²) in [5.74, 6) is 1.53. The molecule has 0 N–H and O–H groups in total. The average Bonchev–Trinajstić information content (AvgIpc) is 3.10. The van der Waals surface area contributed by atoms with Gasteiger partial charge in [0.05, 0.1) is 24.4 Å². The highest BCUT2D eigenvalue weighted by molar-refractivity contribution is 5.64. The molecule has 164 valence electrons. The molecule has 0 spiro atoms. The fourth-order valence-electron chi connectivity index (χ4n) is 4.17. The summed E-state index contributed by atoms with van der Waals surface area (Å²) in [4.78, 5) is 27.1. The minimum Gasteiger partial charge on any atom is -0.383 e. The van der Waals surface area contributed by atoms with E-state index in [1.54, 1.807) is 18.8 Å². The van der Waals surface area contributed by atoms with E-state index >= 15 is 0 Å². The van der Waals surface area contributed by atoms with Gasteiger partial charge in [0.2, 0.25) is 0 Å². The van der Waals surface area contributed by atoms with Crippen molar-refractivity contribution in [1.82, 2.24) is 14.5 Å². The van der Waals surface area contributed by atoms with Crippen molar-refractivity contribution in [2.24, 2.45) is 0 Å². The quantitative estimate of drug-likeness (QED) is 0.687. The van der Waals surface area contributed by atoms with Crippen LogP contribution >= 0.6 is 0 Å². The lowest BCUT2D eigenvalue weighted by atomic mass is 10.1. The average molecular weight is 416 g/mol. The first-order valence-electron chi connectivity index (χ1n) is 10.4. The molecule has 1 aliphatic heterocycles. The summed E-state index contributed by atoms with van der Waals surface area (Å²) < 4.78 is 12.7. The Labute approximate surface area is 178 Å². The van der Waals surface area contributed by atoms with Crippen molar-refractivity contribution >= 4 is 11.5 Å². The molecule has 8 nitrogen and oxygen atoms in total. The topological polar surface area (TPSA) is 72.7 Å². The van der Waals surface area contributed by atoms with Crippen LogP contribution in [-0.2, 0) is 16.0 Å². The van der Waals surface area contributed by atoms with Crippen LogP contribution in [0, 0.1) is 13.8 Å². The van der Waals surface area contributed by atoms with Crippen molar-refractivity contribution in [3.05, 3.63) is 33.9 Å². The predicted molar refractivity (Wildman–Crippen MR) is 120 cm³/mol. The van der Waals surface area contributed by atoms with E-state index < -0.39 is 0 Å². The summed E-state index contributed by atoms with van der Waals surface area (Å²) in [5.41, 5.74) is 3.23. The van der Waals surface area contributed by atoms with Gasteiger partial charge in [0.1, 0.15) is 17.3 Å². The third-order valence-corrected chi connectivity index (χ3v) is 5.79. The smallest absolute Gasteiger partial charge is 0.277 e. The SMILES string of the molecule is CCn1c(-c2cnc(N(C)C)cc2C)nc(C)c(N2C[C@H](OC)C[C@H]2COC)c1=O. The van der Waals surface area contributed by atoms with E-state index in [4.69, 9.17) is 14.5 Å². The van der Waals surface area contributed by atoms with Crippen LogP contribution in [0.25, 0.3) is 11.4 Å². The van der Waals surface area contributed by atoms with Gasteiger partial charge in [0, 0.05) is 53.2 Å². The minimum absolute atomic E-state index is 0.0334. The fourth-order valence-corrected chi connectivity index (χ4v) is 4.17. The molecule has 1 saturated heterocycles. The summed E-state index contributed by atoms with van der Waals surface area (Å²) in [6, 6.07) is 2.11. The Morgan fingerprint density at radius 1 is 1.27 bits per heavy atom. The predicted octanol–water partition coefficient (Wildman–Crippen LogP) is 2.25.